The summed E-state index contributed by atoms with van der Waals surface area (Å²) in [5.74, 6) is -13.5. The van der Waals surface area contributed by atoms with Crippen LogP contribution < -0.4 is 0 Å². The summed E-state index contributed by atoms with van der Waals surface area (Å²) in [6, 6.07) is 43.6. The van der Waals surface area contributed by atoms with Crippen LogP contribution in [-0.4, -0.2) is 46.9 Å². The van der Waals surface area contributed by atoms with Crippen molar-refractivity contribution in [1.29, 1.82) is 21.0 Å². The highest BCUT2D eigenvalue weighted by Gasteiger charge is 2.69. The van der Waals surface area contributed by atoms with Gasteiger partial charge in [-0.2, -0.15) is 21.0 Å². The summed E-state index contributed by atoms with van der Waals surface area (Å²) >= 11 is 2.62. The minimum atomic E-state index is -3.17. The number of carbonyl (C=O) groups is 6. The third-order valence-corrected chi connectivity index (χ3v) is 19.4. The number of ether oxygens (including phenoxy) is 4. The Morgan fingerprint density at radius 3 is 1.20 bits per heavy atom. The molecule has 3 heterocycles. The Bertz CT molecular complexity index is 5020. The second-order valence-electron chi connectivity index (χ2n) is 21.1. The van der Waals surface area contributed by atoms with E-state index >= 15 is 28.0 Å². The minimum absolute atomic E-state index is 0.0587. The number of carbonyl (C=O) groups excluding carboxylic acids is 6. The molecule has 6 aromatic carbocycles. The Labute approximate surface area is 535 Å². The van der Waals surface area contributed by atoms with E-state index in [9.17, 15) is 39.4 Å². The van der Waals surface area contributed by atoms with E-state index in [4.69, 9.17) is 23.9 Å². The first kappa shape index (κ1) is 60.1. The number of Topliss-reactive ketones (excluding diaryl/α,β-unsaturated/α-hetero) is 2. The van der Waals surface area contributed by atoms with E-state index in [0.717, 1.165) is 34.0 Å². The Morgan fingerprint density at radius 1 is 0.441 bits per heavy atom. The predicted octanol–water partition coefficient (Wildman–Crippen LogP) is 13.3. The highest BCUT2D eigenvalue weighted by Crippen LogP contribution is 2.66. The van der Waals surface area contributed by atoms with Gasteiger partial charge in [0.1, 0.15) is 78.3 Å². The van der Waals surface area contributed by atoms with Crippen molar-refractivity contribution in [3.63, 3.8) is 0 Å². The second kappa shape index (κ2) is 23.8. The van der Waals surface area contributed by atoms with Crippen LogP contribution in [-0.2, 0) is 75.4 Å². The molecule has 13 rings (SSSR count). The molecular weight excluding hydrogens is 1260 g/mol. The van der Waals surface area contributed by atoms with Gasteiger partial charge in [-0.05, 0) is 58.7 Å². The lowest BCUT2D eigenvalue weighted by Crippen LogP contribution is -2.51. The molecular formula is C70H34F4N6O10S3. The number of esters is 4. The van der Waals surface area contributed by atoms with Crippen molar-refractivity contribution in [3.05, 3.63) is 258 Å². The predicted molar refractivity (Wildman–Crippen MR) is 331 cm³/mol. The number of hydrogen-bond donors (Lipinski definition) is 0. The van der Waals surface area contributed by atoms with Gasteiger partial charge in [0.2, 0.25) is 22.4 Å². The van der Waals surface area contributed by atoms with Crippen LogP contribution in [0.25, 0.3) is 36.4 Å². The largest absolute Gasteiger partial charge is 0.459 e. The molecule has 0 fully saturated rings. The first-order valence-electron chi connectivity index (χ1n) is 27.7. The SMILES string of the molecule is N#CC(C#N)=C1/C(=N/C2=Cc3sc4c(c3C2(C(=O)OCc2ccccc2)C(=O)OCc2ccccc2)C(C(=O)OCc2ccccc2)(C(=O)OCc2ccccc2)c2c-4sc3cc(/N=C4/C(=O)c5cc(F)c(F)cc5C4=C(C#N)C#N)sc23)C(=O)c2cc(F)c(F)cc21. The van der Waals surface area contributed by atoms with Gasteiger partial charge in [-0.15, -0.1) is 34.0 Å². The maximum absolute atomic E-state index is 16.4. The fraction of sp³-hybridized carbons (Fsp3) is 0.0857. The average molecular weight is 1290 g/mol. The smallest absolute Gasteiger partial charge is 0.334 e. The molecule has 450 valence electrons. The van der Waals surface area contributed by atoms with Crippen molar-refractivity contribution in [2.24, 2.45) is 9.98 Å². The number of allylic oxidation sites excluding steroid dienone is 4. The molecule has 0 spiro atoms. The number of ketones is 2. The molecule has 23 heteroatoms. The molecule has 0 N–H and O–H groups in total. The van der Waals surface area contributed by atoms with E-state index < -0.39 is 158 Å². The zero-order chi connectivity index (χ0) is 65.0. The summed E-state index contributed by atoms with van der Waals surface area (Å²) in [6.45, 7) is -2.12. The first-order chi connectivity index (χ1) is 45.1. The Balaban J connectivity index is 1.10. The van der Waals surface area contributed by atoms with Gasteiger partial charge < -0.3 is 18.9 Å². The molecule has 0 aliphatic heterocycles. The molecule has 4 aliphatic rings. The number of rotatable bonds is 14. The monoisotopic (exact) mass is 1290 g/mol. The summed E-state index contributed by atoms with van der Waals surface area (Å²) in [5, 5.41) is 41.0. The van der Waals surface area contributed by atoms with Crippen LogP contribution in [0.15, 0.2) is 178 Å². The molecule has 0 saturated heterocycles. The van der Waals surface area contributed by atoms with Crippen LogP contribution in [0.1, 0.15) is 75.7 Å². The van der Waals surface area contributed by atoms with Crippen molar-refractivity contribution in [3.8, 4) is 34.0 Å². The maximum atomic E-state index is 16.4. The summed E-state index contributed by atoms with van der Waals surface area (Å²) < 4.78 is 85.6. The molecule has 0 saturated carbocycles. The number of hydrogen-bond acceptors (Lipinski definition) is 19. The van der Waals surface area contributed by atoms with E-state index in [0.29, 0.717) is 51.2 Å². The summed E-state index contributed by atoms with van der Waals surface area (Å²) in [4.78, 5) is 104. The van der Waals surface area contributed by atoms with E-state index in [2.05, 4.69) is 4.99 Å². The molecule has 0 atom stereocenters. The van der Waals surface area contributed by atoms with Gasteiger partial charge in [-0.1, -0.05) is 121 Å². The fourth-order valence-electron chi connectivity index (χ4n) is 11.6. The molecule has 3 aromatic heterocycles. The van der Waals surface area contributed by atoms with Gasteiger partial charge in [-0.3, -0.25) is 28.8 Å². The Morgan fingerprint density at radius 2 is 0.806 bits per heavy atom. The van der Waals surface area contributed by atoms with E-state index in [1.54, 1.807) is 146 Å². The van der Waals surface area contributed by atoms with Crippen molar-refractivity contribution in [2.75, 3.05) is 0 Å². The normalized spacial score (nSPS) is 15.0. The number of halogens is 4. The van der Waals surface area contributed by atoms with Crippen LogP contribution in [0.5, 0.6) is 0 Å². The van der Waals surface area contributed by atoms with Gasteiger partial charge >= 0.3 is 23.9 Å². The van der Waals surface area contributed by atoms with Gasteiger partial charge in [0.25, 0.3) is 0 Å². The summed E-state index contributed by atoms with van der Waals surface area (Å²) in [7, 11) is 0. The van der Waals surface area contributed by atoms with Gasteiger partial charge in [0, 0.05) is 59.7 Å². The number of benzene rings is 6. The summed E-state index contributed by atoms with van der Waals surface area (Å²) in [5.41, 5.74) is -11.7. The van der Waals surface area contributed by atoms with E-state index in [1.807, 2.05) is 0 Å². The van der Waals surface area contributed by atoms with Crippen molar-refractivity contribution in [1.82, 2.24) is 0 Å². The van der Waals surface area contributed by atoms with Crippen molar-refractivity contribution < 1.29 is 65.3 Å². The standard InChI is InChI=1S/C70H34F4N6O10S3/c71-45-21-41-43(23-47(45)73)60(81)58(53(41)39(27-75)28-76)79-51-25-49-55(69(51,65(83)87-31-35-13-5-1-6-14-35)66(84)88-32-36-15-7-2-8-16-36)56-63(91-49)64-57(70(56,67(85)89-33-37-17-9-3-10-18-37)68(86)90-34-38-19-11-4-12-20-38)62-50(92-64)26-52(93-62)80-59-54(40(29-77)30-78)42-22-46(72)48(74)24-44(42)61(59)82/h1-26H,31-34H2/b79-58-,80-59+. The van der Waals surface area contributed by atoms with Crippen LogP contribution in [0.2, 0.25) is 0 Å². The molecule has 4 aliphatic carbocycles. The lowest BCUT2D eigenvalue weighted by atomic mass is 9.70. The lowest BCUT2D eigenvalue weighted by molar-refractivity contribution is -0.167. The molecule has 9 aromatic rings. The number of aliphatic imine (C=N–C) groups is 2. The van der Waals surface area contributed by atoms with Crippen LogP contribution >= 0.6 is 34.0 Å². The third kappa shape index (κ3) is 9.74. The van der Waals surface area contributed by atoms with Crippen molar-refractivity contribution >= 4 is 113 Å². The Hall–Kier alpha value is -11.9. The highest BCUT2D eigenvalue weighted by molar-refractivity contribution is 7.33. The first-order valence-corrected chi connectivity index (χ1v) is 30.2. The zero-order valence-electron chi connectivity index (χ0n) is 47.3. The van der Waals surface area contributed by atoms with Crippen molar-refractivity contribution in [2.45, 2.75) is 37.3 Å². The molecule has 16 nitrogen and oxygen atoms in total. The van der Waals surface area contributed by atoms with E-state index in [1.165, 1.54) is 12.1 Å². The van der Waals surface area contributed by atoms with Crippen LogP contribution in [0.4, 0.5) is 22.6 Å². The highest BCUT2D eigenvalue weighted by atomic mass is 32.1. The molecule has 93 heavy (non-hydrogen) atoms. The number of nitrogens with zero attached hydrogens (tertiary/aromatic N) is 6. The molecule has 0 unspecified atom stereocenters. The fourth-order valence-corrected chi connectivity index (χ4v) is 15.7. The zero-order valence-corrected chi connectivity index (χ0v) is 49.8. The lowest BCUT2D eigenvalue weighted by Gasteiger charge is -2.32. The van der Waals surface area contributed by atoms with Gasteiger partial charge in [-0.25, -0.2) is 27.5 Å². The number of thiophene rings is 3. The van der Waals surface area contributed by atoms with E-state index in [-0.39, 0.29) is 41.0 Å². The molecule has 0 bridgehead atoms. The van der Waals surface area contributed by atoms with Crippen LogP contribution in [0.3, 0.4) is 0 Å². The summed E-state index contributed by atoms with van der Waals surface area (Å²) in [6.07, 6.45) is 1.20. The number of fused-ring (bicyclic) bond motifs is 9. The minimum Gasteiger partial charge on any atom is -0.459 e. The quantitative estimate of drug-likeness (QED) is 0.0322. The number of nitriles is 4. The Kier molecular flexibility index (Phi) is 15.4. The molecule has 0 radical (unpaired) electrons. The van der Waals surface area contributed by atoms with Gasteiger partial charge in [0.15, 0.2) is 23.3 Å². The average Bonchev–Trinajstić information content (AvgIpc) is 1.49. The topological polar surface area (TPSA) is 259 Å². The maximum Gasteiger partial charge on any atom is 0.334 e. The second-order valence-corrected chi connectivity index (χ2v) is 24.2. The molecule has 0 amide bonds. The third-order valence-electron chi connectivity index (χ3n) is 15.8. The van der Waals surface area contributed by atoms with Gasteiger partial charge in [0.05, 0.1) is 20.2 Å². The van der Waals surface area contributed by atoms with Crippen LogP contribution in [0, 0.1) is 68.6 Å².